The Labute approximate surface area is 113 Å². The molecule has 3 heteroatoms. The number of anilines is 1. The maximum atomic E-state index is 7.24. The standard InChI is InChI=1S/C16H18N2O/c1-12-5-3-8-16(18-2)15(12)11-19-14-7-4-6-13(9-14)10-17/h3-10,17-18H,11H2,1-2H3. The van der Waals surface area contributed by atoms with E-state index in [9.17, 15) is 0 Å². The third-order valence-corrected chi connectivity index (χ3v) is 3.09. The van der Waals surface area contributed by atoms with Gasteiger partial charge in [0, 0.05) is 24.5 Å². The second-order valence-electron chi connectivity index (χ2n) is 4.36. The lowest BCUT2D eigenvalue weighted by Gasteiger charge is -2.13. The van der Waals surface area contributed by atoms with Crippen molar-refractivity contribution in [3.8, 4) is 5.75 Å². The van der Waals surface area contributed by atoms with Crippen LogP contribution in [0.15, 0.2) is 42.5 Å². The zero-order chi connectivity index (χ0) is 13.7. The maximum Gasteiger partial charge on any atom is 0.120 e. The molecule has 0 unspecified atom stereocenters. The fourth-order valence-corrected chi connectivity index (χ4v) is 1.98. The lowest BCUT2D eigenvalue weighted by molar-refractivity contribution is 0.306. The largest absolute Gasteiger partial charge is 0.489 e. The molecule has 0 aliphatic heterocycles. The molecular weight excluding hydrogens is 236 g/mol. The SMILES string of the molecule is CNc1cccc(C)c1COc1cccc(C=N)c1. The molecule has 0 saturated carbocycles. The Morgan fingerprint density at radius 3 is 2.74 bits per heavy atom. The molecule has 2 rings (SSSR count). The highest BCUT2D eigenvalue weighted by Gasteiger charge is 2.05. The summed E-state index contributed by atoms with van der Waals surface area (Å²) in [7, 11) is 1.91. The van der Waals surface area contributed by atoms with Crippen molar-refractivity contribution in [2.45, 2.75) is 13.5 Å². The number of hydrogen-bond donors (Lipinski definition) is 2. The van der Waals surface area contributed by atoms with Gasteiger partial charge < -0.3 is 15.5 Å². The van der Waals surface area contributed by atoms with Gasteiger partial charge in [-0.15, -0.1) is 0 Å². The zero-order valence-corrected chi connectivity index (χ0v) is 11.2. The van der Waals surface area contributed by atoms with Crippen LogP contribution in [0.2, 0.25) is 0 Å². The number of benzene rings is 2. The Morgan fingerprint density at radius 2 is 2.00 bits per heavy atom. The van der Waals surface area contributed by atoms with Gasteiger partial charge in [0.2, 0.25) is 0 Å². The Bertz CT molecular complexity index is 579. The molecule has 0 heterocycles. The van der Waals surface area contributed by atoms with Gasteiger partial charge in [0.25, 0.3) is 0 Å². The summed E-state index contributed by atoms with van der Waals surface area (Å²) in [4.78, 5) is 0. The normalized spacial score (nSPS) is 10.0. The topological polar surface area (TPSA) is 45.1 Å². The summed E-state index contributed by atoms with van der Waals surface area (Å²) in [5.41, 5.74) is 4.29. The average Bonchev–Trinajstić information content (AvgIpc) is 2.46. The van der Waals surface area contributed by atoms with Crippen LogP contribution in [0.5, 0.6) is 5.75 Å². The van der Waals surface area contributed by atoms with Gasteiger partial charge in [0.05, 0.1) is 0 Å². The van der Waals surface area contributed by atoms with Crippen molar-refractivity contribution in [3.05, 3.63) is 59.2 Å². The van der Waals surface area contributed by atoms with Crippen molar-refractivity contribution in [1.29, 1.82) is 5.41 Å². The Balaban J connectivity index is 2.16. The van der Waals surface area contributed by atoms with Crippen molar-refractivity contribution < 1.29 is 4.74 Å². The van der Waals surface area contributed by atoms with E-state index in [1.807, 2.05) is 43.4 Å². The lowest BCUT2D eigenvalue weighted by atomic mass is 10.1. The van der Waals surface area contributed by atoms with Gasteiger partial charge in [-0.3, -0.25) is 0 Å². The maximum absolute atomic E-state index is 7.24. The summed E-state index contributed by atoms with van der Waals surface area (Å²) >= 11 is 0. The first-order chi connectivity index (χ1) is 9.24. The molecule has 0 aliphatic rings. The Hall–Kier alpha value is -2.29. The van der Waals surface area contributed by atoms with E-state index >= 15 is 0 Å². The van der Waals surface area contributed by atoms with Crippen LogP contribution in [0.25, 0.3) is 0 Å². The number of hydrogen-bond acceptors (Lipinski definition) is 3. The minimum Gasteiger partial charge on any atom is -0.489 e. The van der Waals surface area contributed by atoms with Crippen LogP contribution in [-0.2, 0) is 6.61 Å². The van der Waals surface area contributed by atoms with Crippen molar-refractivity contribution in [2.75, 3.05) is 12.4 Å². The van der Waals surface area contributed by atoms with E-state index in [-0.39, 0.29) is 0 Å². The second-order valence-corrected chi connectivity index (χ2v) is 4.36. The highest BCUT2D eigenvalue weighted by atomic mass is 16.5. The van der Waals surface area contributed by atoms with Gasteiger partial charge in [-0.25, -0.2) is 0 Å². The molecule has 0 aromatic heterocycles. The van der Waals surface area contributed by atoms with Crippen LogP contribution in [0, 0.1) is 12.3 Å². The first kappa shape index (κ1) is 13.1. The molecule has 3 nitrogen and oxygen atoms in total. The van der Waals surface area contributed by atoms with Gasteiger partial charge in [-0.05, 0) is 36.2 Å². The third-order valence-electron chi connectivity index (χ3n) is 3.09. The van der Waals surface area contributed by atoms with Gasteiger partial charge >= 0.3 is 0 Å². The molecule has 2 N–H and O–H groups in total. The quantitative estimate of drug-likeness (QED) is 0.800. The minimum absolute atomic E-state index is 0.518. The predicted octanol–water partition coefficient (Wildman–Crippen LogP) is 3.61. The fourth-order valence-electron chi connectivity index (χ4n) is 1.98. The van der Waals surface area contributed by atoms with Crippen molar-refractivity contribution >= 4 is 11.9 Å². The molecule has 0 bridgehead atoms. The summed E-state index contributed by atoms with van der Waals surface area (Å²) in [5, 5.41) is 10.4. The first-order valence-electron chi connectivity index (χ1n) is 6.24. The van der Waals surface area contributed by atoms with E-state index in [1.54, 1.807) is 0 Å². The average molecular weight is 254 g/mol. The molecule has 0 aliphatic carbocycles. The van der Waals surface area contributed by atoms with E-state index < -0.39 is 0 Å². The van der Waals surface area contributed by atoms with Gasteiger partial charge in [0.15, 0.2) is 0 Å². The molecule has 0 spiro atoms. The van der Waals surface area contributed by atoms with E-state index in [0.29, 0.717) is 6.61 Å². The molecule has 98 valence electrons. The molecule has 0 atom stereocenters. The number of ether oxygens (including phenoxy) is 1. The molecule has 0 amide bonds. The van der Waals surface area contributed by atoms with E-state index in [4.69, 9.17) is 10.1 Å². The third kappa shape index (κ3) is 3.13. The smallest absolute Gasteiger partial charge is 0.120 e. The predicted molar refractivity (Wildman–Crippen MR) is 79.4 cm³/mol. The van der Waals surface area contributed by atoms with Crippen LogP contribution in [0.4, 0.5) is 5.69 Å². The zero-order valence-electron chi connectivity index (χ0n) is 11.2. The minimum atomic E-state index is 0.518. The summed E-state index contributed by atoms with van der Waals surface area (Å²) in [6, 6.07) is 13.7. The number of nitrogens with one attached hydrogen (secondary N) is 2. The van der Waals surface area contributed by atoms with Crippen LogP contribution in [0.1, 0.15) is 16.7 Å². The summed E-state index contributed by atoms with van der Waals surface area (Å²) < 4.78 is 5.81. The van der Waals surface area contributed by atoms with E-state index in [0.717, 1.165) is 22.6 Å². The summed E-state index contributed by atoms with van der Waals surface area (Å²) in [6.07, 6.45) is 1.32. The lowest BCUT2D eigenvalue weighted by Crippen LogP contribution is -2.03. The molecular formula is C16H18N2O. The molecule has 0 fully saturated rings. The highest BCUT2D eigenvalue weighted by molar-refractivity contribution is 5.77. The number of rotatable bonds is 5. The second kappa shape index (κ2) is 6.05. The van der Waals surface area contributed by atoms with Crippen LogP contribution in [-0.4, -0.2) is 13.3 Å². The Kier molecular flexibility index (Phi) is 4.18. The van der Waals surface area contributed by atoms with Crippen molar-refractivity contribution in [2.24, 2.45) is 0 Å². The summed E-state index contributed by atoms with van der Waals surface area (Å²) in [6.45, 7) is 2.60. The number of aryl methyl sites for hydroxylation is 1. The molecule has 0 radical (unpaired) electrons. The molecule has 2 aromatic carbocycles. The van der Waals surface area contributed by atoms with Crippen LogP contribution >= 0.6 is 0 Å². The van der Waals surface area contributed by atoms with Crippen LogP contribution < -0.4 is 10.1 Å². The van der Waals surface area contributed by atoms with E-state index in [2.05, 4.69) is 18.3 Å². The summed E-state index contributed by atoms with van der Waals surface area (Å²) in [5.74, 6) is 0.784. The fraction of sp³-hybridized carbons (Fsp3) is 0.188. The van der Waals surface area contributed by atoms with Crippen molar-refractivity contribution in [1.82, 2.24) is 0 Å². The Morgan fingerprint density at radius 1 is 1.21 bits per heavy atom. The first-order valence-corrected chi connectivity index (χ1v) is 6.24. The highest BCUT2D eigenvalue weighted by Crippen LogP contribution is 2.22. The molecule has 2 aromatic rings. The van der Waals surface area contributed by atoms with Gasteiger partial charge in [-0.1, -0.05) is 24.3 Å². The molecule has 0 saturated heterocycles. The molecule has 19 heavy (non-hydrogen) atoms. The monoisotopic (exact) mass is 254 g/mol. The van der Waals surface area contributed by atoms with Gasteiger partial charge in [-0.2, -0.15) is 0 Å². The van der Waals surface area contributed by atoms with E-state index in [1.165, 1.54) is 11.8 Å². The van der Waals surface area contributed by atoms with Crippen molar-refractivity contribution in [3.63, 3.8) is 0 Å². The van der Waals surface area contributed by atoms with Crippen LogP contribution in [0.3, 0.4) is 0 Å². The van der Waals surface area contributed by atoms with Gasteiger partial charge in [0.1, 0.15) is 12.4 Å².